The predicted molar refractivity (Wildman–Crippen MR) is 77.1 cm³/mol. The van der Waals surface area contributed by atoms with Crippen molar-refractivity contribution in [1.29, 1.82) is 0 Å². The third-order valence-corrected chi connectivity index (χ3v) is 2.54. The molecule has 0 heterocycles. The van der Waals surface area contributed by atoms with Gasteiger partial charge in [-0.3, -0.25) is 4.79 Å². The van der Waals surface area contributed by atoms with E-state index in [1.165, 1.54) is 13.2 Å². The minimum Gasteiger partial charge on any atom is -0.465 e. The quantitative estimate of drug-likeness (QED) is 0.866. The molecule has 5 nitrogen and oxygen atoms in total. The maximum atomic E-state index is 11.5. The molecule has 6 heteroatoms. The fourth-order valence-corrected chi connectivity index (χ4v) is 1.71. The molecule has 1 rings (SSSR count). The summed E-state index contributed by atoms with van der Waals surface area (Å²) in [6.07, 6.45) is 0. The highest BCUT2D eigenvalue weighted by Crippen LogP contribution is 2.21. The Labute approximate surface area is 123 Å². The van der Waals surface area contributed by atoms with Gasteiger partial charge in [0.1, 0.15) is 12.1 Å². The summed E-state index contributed by atoms with van der Waals surface area (Å²) in [7, 11) is 1.29. The third-order valence-electron chi connectivity index (χ3n) is 2.23. The molecule has 1 aromatic rings. The van der Waals surface area contributed by atoms with Gasteiger partial charge in [-0.1, -0.05) is 11.6 Å². The maximum absolute atomic E-state index is 11.5. The first-order valence-corrected chi connectivity index (χ1v) is 6.44. The summed E-state index contributed by atoms with van der Waals surface area (Å²) in [5, 5.41) is 3.14. The van der Waals surface area contributed by atoms with E-state index in [9.17, 15) is 9.59 Å². The Morgan fingerprint density at radius 1 is 1.30 bits per heavy atom. The molecule has 0 bridgehead atoms. The van der Waals surface area contributed by atoms with Crippen LogP contribution in [0.25, 0.3) is 0 Å². The topological polar surface area (TPSA) is 64.6 Å². The first-order valence-electron chi connectivity index (χ1n) is 6.06. The molecule has 0 saturated carbocycles. The SMILES string of the molecule is COC(=O)c1ccc(NCC(=O)OC(C)(C)C)cc1Cl. The van der Waals surface area contributed by atoms with Gasteiger partial charge in [-0.05, 0) is 39.0 Å². The van der Waals surface area contributed by atoms with Crippen LogP contribution in [-0.2, 0) is 14.3 Å². The van der Waals surface area contributed by atoms with Crippen LogP contribution in [-0.4, -0.2) is 31.2 Å². The Kier molecular flexibility index (Phi) is 5.39. The zero-order chi connectivity index (χ0) is 15.3. The number of anilines is 1. The van der Waals surface area contributed by atoms with E-state index in [2.05, 4.69) is 10.1 Å². The summed E-state index contributed by atoms with van der Waals surface area (Å²) in [5.41, 5.74) is 0.371. The van der Waals surface area contributed by atoms with Gasteiger partial charge in [0.05, 0.1) is 17.7 Å². The van der Waals surface area contributed by atoms with Crippen molar-refractivity contribution in [3.8, 4) is 0 Å². The molecule has 0 spiro atoms. The first kappa shape index (κ1) is 16.3. The van der Waals surface area contributed by atoms with E-state index in [4.69, 9.17) is 16.3 Å². The number of esters is 2. The lowest BCUT2D eigenvalue weighted by atomic mass is 10.2. The van der Waals surface area contributed by atoms with Crippen molar-refractivity contribution in [1.82, 2.24) is 0 Å². The lowest BCUT2D eigenvalue weighted by Crippen LogP contribution is -2.28. The Hall–Kier alpha value is -1.75. The summed E-state index contributed by atoms with van der Waals surface area (Å²) in [5.74, 6) is -0.876. The van der Waals surface area contributed by atoms with Gasteiger partial charge >= 0.3 is 11.9 Å². The largest absolute Gasteiger partial charge is 0.465 e. The summed E-state index contributed by atoms with van der Waals surface area (Å²) in [6, 6.07) is 4.73. The Morgan fingerprint density at radius 3 is 2.45 bits per heavy atom. The Morgan fingerprint density at radius 2 is 1.95 bits per heavy atom. The number of benzene rings is 1. The van der Waals surface area contributed by atoms with E-state index in [0.29, 0.717) is 5.69 Å². The standard InChI is InChI=1S/C14H18ClNO4/c1-14(2,3)20-12(17)8-16-9-5-6-10(11(15)7-9)13(18)19-4/h5-7,16H,8H2,1-4H3. The van der Waals surface area contributed by atoms with Gasteiger partial charge in [0.2, 0.25) is 0 Å². The minimum atomic E-state index is -0.523. The minimum absolute atomic E-state index is 0.0190. The predicted octanol–water partition coefficient (Wildman–Crippen LogP) is 2.88. The Balaban J connectivity index is 2.64. The smallest absolute Gasteiger partial charge is 0.339 e. The third kappa shape index (κ3) is 5.09. The lowest BCUT2D eigenvalue weighted by molar-refractivity contribution is -0.152. The van der Waals surface area contributed by atoms with Crippen molar-refractivity contribution in [2.45, 2.75) is 26.4 Å². The van der Waals surface area contributed by atoms with Crippen molar-refractivity contribution < 1.29 is 19.1 Å². The molecule has 0 aliphatic carbocycles. The van der Waals surface area contributed by atoms with Gasteiger partial charge in [0.15, 0.2) is 0 Å². The van der Waals surface area contributed by atoms with Crippen LogP contribution in [0.5, 0.6) is 0 Å². The van der Waals surface area contributed by atoms with Gasteiger partial charge in [-0.2, -0.15) is 0 Å². The molecule has 1 N–H and O–H groups in total. The fraction of sp³-hybridized carbons (Fsp3) is 0.429. The highest BCUT2D eigenvalue weighted by molar-refractivity contribution is 6.33. The lowest BCUT2D eigenvalue weighted by Gasteiger charge is -2.19. The van der Waals surface area contributed by atoms with Crippen LogP contribution in [0.15, 0.2) is 18.2 Å². The molecule has 0 amide bonds. The summed E-state index contributed by atoms with van der Waals surface area (Å²) >= 11 is 5.97. The van der Waals surface area contributed by atoms with Gasteiger partial charge in [-0.15, -0.1) is 0 Å². The van der Waals surface area contributed by atoms with Crippen LogP contribution in [0.2, 0.25) is 5.02 Å². The second-order valence-corrected chi connectivity index (χ2v) is 5.53. The maximum Gasteiger partial charge on any atom is 0.339 e. The van der Waals surface area contributed by atoms with E-state index in [-0.39, 0.29) is 23.1 Å². The number of methoxy groups -OCH3 is 1. The average molecular weight is 300 g/mol. The number of rotatable bonds is 4. The van der Waals surface area contributed by atoms with Crippen molar-refractivity contribution in [3.05, 3.63) is 28.8 Å². The number of carbonyl (C=O) groups is 2. The number of nitrogens with one attached hydrogen (secondary N) is 1. The van der Waals surface area contributed by atoms with E-state index in [1.807, 2.05) is 0 Å². The zero-order valence-electron chi connectivity index (χ0n) is 12.0. The summed E-state index contributed by atoms with van der Waals surface area (Å²) < 4.78 is 9.75. The molecule has 0 radical (unpaired) electrons. The fourth-order valence-electron chi connectivity index (χ4n) is 1.45. The van der Waals surface area contributed by atoms with Crippen LogP contribution in [0, 0.1) is 0 Å². The number of carbonyl (C=O) groups excluding carboxylic acids is 2. The van der Waals surface area contributed by atoms with Crippen LogP contribution in [0.4, 0.5) is 5.69 Å². The normalized spacial score (nSPS) is 10.8. The molecule has 0 unspecified atom stereocenters. The second-order valence-electron chi connectivity index (χ2n) is 5.13. The highest BCUT2D eigenvalue weighted by atomic mass is 35.5. The molecule has 0 aromatic heterocycles. The molecule has 0 atom stereocenters. The molecule has 20 heavy (non-hydrogen) atoms. The number of hydrogen-bond donors (Lipinski definition) is 1. The summed E-state index contributed by atoms with van der Waals surface area (Å²) in [6.45, 7) is 5.41. The van der Waals surface area contributed by atoms with Gasteiger partial charge in [0.25, 0.3) is 0 Å². The molecule has 0 aliphatic heterocycles. The molecule has 0 fully saturated rings. The molecule has 0 aliphatic rings. The van der Waals surface area contributed by atoms with Crippen molar-refractivity contribution >= 4 is 29.2 Å². The molecular weight excluding hydrogens is 282 g/mol. The Bertz CT molecular complexity index is 508. The number of hydrogen-bond acceptors (Lipinski definition) is 5. The van der Waals surface area contributed by atoms with Crippen LogP contribution < -0.4 is 5.32 Å². The van der Waals surface area contributed by atoms with Crippen LogP contribution in [0.3, 0.4) is 0 Å². The van der Waals surface area contributed by atoms with Crippen molar-refractivity contribution in [2.75, 3.05) is 19.0 Å². The van der Waals surface area contributed by atoms with Crippen molar-refractivity contribution in [3.63, 3.8) is 0 Å². The van der Waals surface area contributed by atoms with Crippen LogP contribution in [0.1, 0.15) is 31.1 Å². The molecule has 1 aromatic carbocycles. The average Bonchev–Trinajstić information content (AvgIpc) is 2.33. The van der Waals surface area contributed by atoms with Gasteiger partial charge < -0.3 is 14.8 Å². The number of halogens is 1. The van der Waals surface area contributed by atoms with Crippen LogP contribution >= 0.6 is 11.6 Å². The monoisotopic (exact) mass is 299 g/mol. The van der Waals surface area contributed by atoms with Gasteiger partial charge in [0, 0.05) is 5.69 Å². The van der Waals surface area contributed by atoms with E-state index >= 15 is 0 Å². The number of ether oxygens (including phenoxy) is 2. The van der Waals surface area contributed by atoms with Crippen molar-refractivity contribution in [2.24, 2.45) is 0 Å². The zero-order valence-corrected chi connectivity index (χ0v) is 12.7. The molecule has 0 saturated heterocycles. The van der Waals surface area contributed by atoms with E-state index in [1.54, 1.807) is 32.9 Å². The highest BCUT2D eigenvalue weighted by Gasteiger charge is 2.16. The summed E-state index contributed by atoms with van der Waals surface area (Å²) in [4.78, 5) is 22.9. The second kappa shape index (κ2) is 6.61. The first-order chi connectivity index (χ1) is 9.23. The molecular formula is C14H18ClNO4. The van der Waals surface area contributed by atoms with Gasteiger partial charge in [-0.25, -0.2) is 4.79 Å². The van der Waals surface area contributed by atoms with E-state index in [0.717, 1.165) is 0 Å². The molecule has 110 valence electrons. The van der Waals surface area contributed by atoms with E-state index < -0.39 is 11.6 Å².